The van der Waals surface area contributed by atoms with E-state index in [9.17, 15) is 10.1 Å². The van der Waals surface area contributed by atoms with Gasteiger partial charge in [0.25, 0.3) is 0 Å². The molecule has 1 aliphatic rings. The standard InChI is InChI=1S/C25H25ClN4O2/c1-2-32-20-7-8-23-21(13-20)24(19(14-27)16-28-23)30-11-9-17(10-12-30)25(31)29-15-18-5-3-4-6-22(18)26/h3-8,13,16-17H,2,9-12,15H2,1H3,(H,29,31). The molecule has 0 spiro atoms. The molecule has 0 atom stereocenters. The number of carbonyl (C=O) groups excluding carboxylic acids is 1. The third kappa shape index (κ3) is 4.63. The summed E-state index contributed by atoms with van der Waals surface area (Å²) in [7, 11) is 0. The molecule has 1 aliphatic heterocycles. The number of ether oxygens (including phenoxy) is 1. The second kappa shape index (κ2) is 9.88. The van der Waals surface area contributed by atoms with Crippen molar-refractivity contribution in [1.82, 2.24) is 10.3 Å². The van der Waals surface area contributed by atoms with E-state index in [0.717, 1.165) is 27.9 Å². The lowest BCUT2D eigenvalue weighted by molar-refractivity contribution is -0.125. The van der Waals surface area contributed by atoms with Crippen LogP contribution in [-0.4, -0.2) is 30.6 Å². The number of nitrogens with one attached hydrogen (secondary N) is 1. The monoisotopic (exact) mass is 448 g/mol. The summed E-state index contributed by atoms with van der Waals surface area (Å²) in [5.41, 5.74) is 3.13. The van der Waals surface area contributed by atoms with Crippen LogP contribution < -0.4 is 15.0 Å². The van der Waals surface area contributed by atoms with Crippen LogP contribution in [-0.2, 0) is 11.3 Å². The quantitative estimate of drug-likeness (QED) is 0.591. The van der Waals surface area contributed by atoms with Gasteiger partial charge < -0.3 is 15.0 Å². The molecule has 0 radical (unpaired) electrons. The Morgan fingerprint density at radius 3 is 2.78 bits per heavy atom. The number of nitriles is 1. The summed E-state index contributed by atoms with van der Waals surface area (Å²) < 4.78 is 5.66. The van der Waals surface area contributed by atoms with Gasteiger partial charge >= 0.3 is 0 Å². The number of carbonyl (C=O) groups is 1. The van der Waals surface area contributed by atoms with Gasteiger partial charge in [-0.05, 0) is 49.6 Å². The van der Waals surface area contributed by atoms with Crippen LogP contribution in [0.15, 0.2) is 48.7 Å². The van der Waals surface area contributed by atoms with Crippen molar-refractivity contribution in [3.63, 3.8) is 0 Å². The summed E-state index contributed by atoms with van der Waals surface area (Å²) in [4.78, 5) is 19.3. The summed E-state index contributed by atoms with van der Waals surface area (Å²) in [6.45, 7) is 4.32. The molecule has 0 saturated carbocycles. The minimum atomic E-state index is -0.0636. The Balaban J connectivity index is 1.48. The Morgan fingerprint density at radius 2 is 2.06 bits per heavy atom. The molecule has 1 N–H and O–H groups in total. The zero-order valence-electron chi connectivity index (χ0n) is 18.0. The highest BCUT2D eigenvalue weighted by Gasteiger charge is 2.27. The van der Waals surface area contributed by atoms with E-state index in [1.165, 1.54) is 0 Å². The van der Waals surface area contributed by atoms with Crippen molar-refractivity contribution < 1.29 is 9.53 Å². The molecule has 0 unspecified atom stereocenters. The van der Waals surface area contributed by atoms with Crippen LogP contribution in [0.4, 0.5) is 5.69 Å². The average Bonchev–Trinajstić information content (AvgIpc) is 2.83. The molecular weight excluding hydrogens is 424 g/mol. The lowest BCUT2D eigenvalue weighted by Gasteiger charge is -2.34. The van der Waals surface area contributed by atoms with E-state index in [1.54, 1.807) is 6.20 Å². The number of fused-ring (bicyclic) bond motifs is 1. The number of amides is 1. The van der Waals surface area contributed by atoms with Crippen molar-refractivity contribution in [2.24, 2.45) is 5.92 Å². The number of aromatic nitrogens is 1. The maximum Gasteiger partial charge on any atom is 0.223 e. The molecule has 2 aromatic carbocycles. The molecule has 1 amide bonds. The first-order valence-electron chi connectivity index (χ1n) is 10.8. The van der Waals surface area contributed by atoms with E-state index in [1.807, 2.05) is 49.4 Å². The Morgan fingerprint density at radius 1 is 1.28 bits per heavy atom. The number of rotatable bonds is 6. The number of anilines is 1. The molecule has 164 valence electrons. The van der Waals surface area contributed by atoms with Crippen LogP contribution in [0.2, 0.25) is 5.02 Å². The fraction of sp³-hybridized carbons (Fsp3) is 0.320. The first kappa shape index (κ1) is 21.9. The van der Waals surface area contributed by atoms with Crippen molar-refractivity contribution >= 4 is 34.1 Å². The molecule has 3 aromatic rings. The Hall–Kier alpha value is -3.30. The smallest absolute Gasteiger partial charge is 0.223 e. The third-order valence-electron chi connectivity index (χ3n) is 5.84. The SMILES string of the molecule is CCOc1ccc2ncc(C#N)c(N3CCC(C(=O)NCc4ccccc4Cl)CC3)c2c1. The summed E-state index contributed by atoms with van der Waals surface area (Å²) >= 11 is 6.19. The molecule has 32 heavy (non-hydrogen) atoms. The normalized spacial score (nSPS) is 14.2. The van der Waals surface area contributed by atoms with Gasteiger partial charge in [-0.25, -0.2) is 0 Å². The van der Waals surface area contributed by atoms with Gasteiger partial charge in [0.1, 0.15) is 11.8 Å². The average molecular weight is 449 g/mol. The summed E-state index contributed by atoms with van der Waals surface area (Å²) in [5, 5.41) is 14.3. The van der Waals surface area contributed by atoms with Crippen LogP contribution in [0.5, 0.6) is 5.75 Å². The molecule has 2 heterocycles. The van der Waals surface area contributed by atoms with Gasteiger partial charge in [-0.3, -0.25) is 9.78 Å². The third-order valence-corrected chi connectivity index (χ3v) is 6.20. The highest BCUT2D eigenvalue weighted by atomic mass is 35.5. The lowest BCUT2D eigenvalue weighted by Crippen LogP contribution is -2.40. The number of benzene rings is 2. The Bertz CT molecular complexity index is 1170. The maximum atomic E-state index is 12.7. The van der Waals surface area contributed by atoms with Gasteiger partial charge in [-0.1, -0.05) is 29.8 Å². The van der Waals surface area contributed by atoms with Gasteiger partial charge in [0.2, 0.25) is 5.91 Å². The first-order chi connectivity index (χ1) is 15.6. The van der Waals surface area contributed by atoms with Crippen LogP contribution in [0.3, 0.4) is 0 Å². The minimum Gasteiger partial charge on any atom is -0.494 e. The number of piperidine rings is 1. The molecule has 1 aromatic heterocycles. The fourth-order valence-corrected chi connectivity index (χ4v) is 4.37. The topological polar surface area (TPSA) is 78.2 Å². The molecule has 1 fully saturated rings. The van der Waals surface area contributed by atoms with Gasteiger partial charge in [0.05, 0.1) is 23.4 Å². The number of hydrogen-bond donors (Lipinski definition) is 1. The molecule has 1 saturated heterocycles. The Labute approximate surface area is 192 Å². The Kier molecular flexibility index (Phi) is 6.77. The molecule has 0 bridgehead atoms. The van der Waals surface area contributed by atoms with Crippen LogP contribution in [0.25, 0.3) is 10.9 Å². The van der Waals surface area contributed by atoms with E-state index < -0.39 is 0 Å². The number of pyridine rings is 1. The van der Waals surface area contributed by atoms with Crippen LogP contribution in [0, 0.1) is 17.2 Å². The van der Waals surface area contributed by atoms with E-state index in [2.05, 4.69) is 21.3 Å². The molecule has 7 heteroatoms. The van der Waals surface area contributed by atoms with Crippen LogP contribution in [0.1, 0.15) is 30.9 Å². The molecule has 4 rings (SSSR count). The first-order valence-corrected chi connectivity index (χ1v) is 11.2. The van der Waals surface area contributed by atoms with E-state index >= 15 is 0 Å². The van der Waals surface area contributed by atoms with Crippen LogP contribution >= 0.6 is 11.6 Å². The second-order valence-corrected chi connectivity index (χ2v) is 8.22. The number of hydrogen-bond acceptors (Lipinski definition) is 5. The van der Waals surface area contributed by atoms with Crippen molar-refractivity contribution in [2.45, 2.75) is 26.3 Å². The predicted octanol–water partition coefficient (Wildman–Crippen LogP) is 4.69. The highest BCUT2D eigenvalue weighted by molar-refractivity contribution is 6.31. The molecule has 6 nitrogen and oxygen atoms in total. The van der Waals surface area contributed by atoms with Gasteiger partial charge in [0.15, 0.2) is 0 Å². The van der Waals surface area contributed by atoms with Gasteiger partial charge in [-0.15, -0.1) is 0 Å². The fourth-order valence-electron chi connectivity index (χ4n) is 4.17. The summed E-state index contributed by atoms with van der Waals surface area (Å²) in [5.74, 6) is 0.738. The maximum absolute atomic E-state index is 12.7. The predicted molar refractivity (Wildman–Crippen MR) is 126 cm³/mol. The summed E-state index contributed by atoms with van der Waals surface area (Å²) in [6.07, 6.45) is 3.06. The van der Waals surface area contributed by atoms with Gasteiger partial charge in [-0.2, -0.15) is 5.26 Å². The van der Waals surface area contributed by atoms with Crippen molar-refractivity contribution in [2.75, 3.05) is 24.6 Å². The zero-order valence-corrected chi connectivity index (χ0v) is 18.7. The lowest BCUT2D eigenvalue weighted by atomic mass is 9.94. The van der Waals surface area contributed by atoms with E-state index in [4.69, 9.17) is 16.3 Å². The molecule has 0 aliphatic carbocycles. The minimum absolute atomic E-state index is 0.0447. The van der Waals surface area contributed by atoms with E-state index in [-0.39, 0.29) is 11.8 Å². The largest absolute Gasteiger partial charge is 0.494 e. The number of halogens is 1. The van der Waals surface area contributed by atoms with Crippen molar-refractivity contribution in [1.29, 1.82) is 5.26 Å². The van der Waals surface area contributed by atoms with Crippen molar-refractivity contribution in [3.05, 3.63) is 64.8 Å². The second-order valence-electron chi connectivity index (χ2n) is 7.81. The van der Waals surface area contributed by atoms with E-state index in [0.29, 0.717) is 49.7 Å². The zero-order chi connectivity index (χ0) is 22.5. The van der Waals surface area contributed by atoms with Gasteiger partial charge in [0, 0.05) is 42.2 Å². The number of nitrogens with zero attached hydrogens (tertiary/aromatic N) is 3. The van der Waals surface area contributed by atoms with Crippen molar-refractivity contribution in [3.8, 4) is 11.8 Å². The highest BCUT2D eigenvalue weighted by Crippen LogP contribution is 2.34. The summed E-state index contributed by atoms with van der Waals surface area (Å²) in [6, 6.07) is 15.6. The molecular formula is C25H25ClN4O2.